The molecular weight excluding hydrogens is 194 g/mol. The highest BCUT2D eigenvalue weighted by Crippen LogP contribution is 2.20. The van der Waals surface area contributed by atoms with Gasteiger partial charge in [0.2, 0.25) is 0 Å². The Morgan fingerprint density at radius 2 is 1.60 bits per heavy atom. The van der Waals surface area contributed by atoms with E-state index in [9.17, 15) is 4.79 Å². The maximum Gasteiger partial charge on any atom is 0.150 e. The molecule has 2 aromatic carbocycles. The molecule has 0 atom stereocenters. The maximum atomic E-state index is 10.6. The molecule has 0 heterocycles. The summed E-state index contributed by atoms with van der Waals surface area (Å²) in [6.07, 6.45) is 0.803. The van der Waals surface area contributed by atoms with E-state index in [1.54, 1.807) is 18.2 Å². The van der Waals surface area contributed by atoms with Gasteiger partial charge in [0.25, 0.3) is 0 Å². The van der Waals surface area contributed by atoms with E-state index in [0.717, 1.165) is 12.0 Å². The Kier molecular flexibility index (Phi) is 2.79. The van der Waals surface area contributed by atoms with Crippen molar-refractivity contribution < 1.29 is 9.53 Å². The fourth-order valence-electron chi connectivity index (χ4n) is 1.28. The smallest absolute Gasteiger partial charge is 0.150 e. The highest BCUT2D eigenvalue weighted by Gasteiger charge is 1.97. The third-order valence-corrected chi connectivity index (χ3v) is 1.97. The van der Waals surface area contributed by atoms with Gasteiger partial charge >= 0.3 is 0 Å². The summed E-state index contributed by atoms with van der Waals surface area (Å²) in [5, 5.41) is 0. The van der Waals surface area contributed by atoms with Crippen molar-refractivity contribution in [2.24, 2.45) is 0 Å². The summed E-state index contributed by atoms with van der Waals surface area (Å²) in [4.78, 5) is 10.6. The number of carbonyl (C=O) groups excluding carboxylic acids is 1. The van der Waals surface area contributed by atoms with Crippen molar-refractivity contribution in [3.63, 3.8) is 0 Å². The third-order valence-electron chi connectivity index (χ3n) is 1.97. The van der Waals surface area contributed by atoms with E-state index in [1.807, 2.05) is 36.4 Å². The monoisotopic (exact) mass is 204 g/mol. The van der Waals surface area contributed by atoms with E-state index in [2.05, 4.69) is 0 Å². The van der Waals surface area contributed by atoms with Crippen molar-refractivity contribution >= 4 is 6.29 Å². The molecule has 0 radical (unpaired) electrons. The summed E-state index contributed by atoms with van der Waals surface area (Å²) in [6.45, 7) is 0. The Labute approximate surface area is 88.1 Å². The molecule has 0 N–H and O–H groups in total. The van der Waals surface area contributed by atoms with Gasteiger partial charge in [-0.25, -0.2) is 0 Å². The van der Waals surface area contributed by atoms with Crippen LogP contribution in [0.15, 0.2) is 54.6 Å². The molecule has 0 aliphatic carbocycles. The molecule has 0 unspecified atom stereocenters. The zero-order valence-corrected chi connectivity index (χ0v) is 8.09. The summed E-state index contributed by atoms with van der Waals surface area (Å²) in [5.74, 6) is 1.44. The summed E-state index contributed by atoms with van der Waals surface area (Å²) in [5.41, 5.74) is 0.614. The molecule has 0 aliphatic rings. The Morgan fingerprint density at radius 3 is 2.33 bits per heavy atom. The molecule has 15 heavy (non-hydrogen) atoms. The molecule has 2 nitrogen and oxygen atoms in total. The van der Waals surface area contributed by atoms with Gasteiger partial charge < -0.3 is 4.74 Å². The summed E-state index contributed by atoms with van der Waals surface area (Å²) < 4.78 is 5.56. The molecule has 0 spiro atoms. The van der Waals surface area contributed by atoms with Crippen LogP contribution in [0.1, 0.15) is 10.4 Å². The van der Waals surface area contributed by atoms with Crippen LogP contribution in [-0.4, -0.2) is 6.29 Å². The van der Waals surface area contributed by atoms with E-state index in [4.69, 9.17) is 4.74 Å². The number of carbonyl (C=O) groups is 1. The zero-order chi connectivity index (χ0) is 10.5. The van der Waals surface area contributed by atoms with Crippen LogP contribution in [0.2, 0.25) is 0 Å². The summed E-state index contributed by atoms with van der Waals surface area (Å²) in [7, 11) is 0. The van der Waals surface area contributed by atoms with E-state index in [0.29, 0.717) is 11.3 Å². The van der Waals surface area contributed by atoms with Crippen LogP contribution in [0.4, 0.5) is 0 Å². The lowest BCUT2D eigenvalue weighted by molar-refractivity contribution is 0.112. The second-order valence-electron chi connectivity index (χ2n) is 3.11. The van der Waals surface area contributed by atoms with Gasteiger partial charge in [0, 0.05) is 5.56 Å². The van der Waals surface area contributed by atoms with Crippen LogP contribution in [-0.2, 0) is 0 Å². The largest absolute Gasteiger partial charge is 0.457 e. The molecule has 0 saturated carbocycles. The highest BCUT2D eigenvalue weighted by atomic mass is 16.6. The van der Waals surface area contributed by atoms with Crippen LogP contribution < -0.4 is 4.74 Å². The van der Waals surface area contributed by atoms with E-state index < -0.39 is 0 Å². The van der Waals surface area contributed by atoms with Crippen molar-refractivity contribution in [1.82, 2.24) is 0 Å². The van der Waals surface area contributed by atoms with Gasteiger partial charge in [-0.3, -0.25) is 4.79 Å². The zero-order valence-electron chi connectivity index (χ0n) is 8.09. The molecule has 74 valence electrons. The van der Waals surface area contributed by atoms with Crippen LogP contribution in [0.3, 0.4) is 0 Å². The molecule has 0 aliphatic heterocycles. The fraction of sp³-hybridized carbons (Fsp3) is 0. The first-order valence-corrected chi connectivity index (χ1v) is 4.66. The number of para-hydroxylation sites is 1. The first-order chi connectivity index (χ1) is 7.38. The Hall–Kier alpha value is -2.09. The van der Waals surface area contributed by atoms with Gasteiger partial charge in [0.15, 0.2) is 0 Å². The van der Waals surface area contributed by atoms with Gasteiger partial charge in [-0.1, -0.05) is 30.3 Å². The van der Waals surface area contributed by atoms with Crippen molar-refractivity contribution in [1.29, 1.82) is 0 Å². The molecule has 2 aromatic rings. The SMILES string of the molecule is O=[13CH][13c]1c[13cH][13cH][13c](Oc2ccccc2)[13cH]1. The van der Waals surface area contributed by atoms with Gasteiger partial charge in [-0.15, -0.1) is 0 Å². The number of benzene rings is 2. The van der Waals surface area contributed by atoms with Crippen molar-refractivity contribution in [2.75, 3.05) is 0 Å². The molecule has 0 amide bonds. The minimum atomic E-state index is 0.614. The lowest BCUT2D eigenvalue weighted by Crippen LogP contribution is -1.85. The number of aldehydes is 1. The fourth-order valence-corrected chi connectivity index (χ4v) is 1.28. The minimum absolute atomic E-state index is 0.614. The Balaban J connectivity index is 2.21. The normalized spacial score (nSPS) is 9.60. The number of hydrogen-bond donors (Lipinski definition) is 0. The Morgan fingerprint density at radius 1 is 0.867 bits per heavy atom. The number of hydrogen-bond acceptors (Lipinski definition) is 2. The lowest BCUT2D eigenvalue weighted by atomic mass is 10.3. The van der Waals surface area contributed by atoms with Gasteiger partial charge in [0.1, 0.15) is 17.8 Å². The van der Waals surface area contributed by atoms with E-state index >= 15 is 0 Å². The summed E-state index contributed by atoms with van der Waals surface area (Å²) >= 11 is 0. The topological polar surface area (TPSA) is 26.3 Å². The van der Waals surface area contributed by atoms with Gasteiger partial charge in [0.05, 0.1) is 0 Å². The van der Waals surface area contributed by atoms with Crippen molar-refractivity contribution in [2.45, 2.75) is 0 Å². The highest BCUT2D eigenvalue weighted by molar-refractivity contribution is 5.75. The second kappa shape index (κ2) is 4.42. The van der Waals surface area contributed by atoms with Crippen molar-refractivity contribution in [3.05, 3.63) is 60.2 Å². The van der Waals surface area contributed by atoms with Crippen LogP contribution in [0.25, 0.3) is 0 Å². The molecule has 2 heteroatoms. The van der Waals surface area contributed by atoms with Gasteiger partial charge in [-0.05, 0) is 24.3 Å². The standard InChI is InChI=1S/C13H10O2/c14-10-11-5-4-8-13(9-11)15-12-6-2-1-3-7-12/h1-10H/i4+1,8+1,9+1,10+1,11+1,13+1. The van der Waals surface area contributed by atoms with Crippen LogP contribution >= 0.6 is 0 Å². The molecule has 0 bridgehead atoms. The molecule has 2 rings (SSSR count). The Bertz CT molecular complexity index is 449. The average molecular weight is 204 g/mol. The summed E-state index contributed by atoms with van der Waals surface area (Å²) in [6, 6.07) is 16.5. The van der Waals surface area contributed by atoms with E-state index in [1.165, 1.54) is 0 Å². The number of ether oxygens (including phenoxy) is 1. The predicted molar refractivity (Wildman–Crippen MR) is 58.3 cm³/mol. The van der Waals surface area contributed by atoms with E-state index in [-0.39, 0.29) is 0 Å². The molecule has 0 aromatic heterocycles. The first kappa shape index (κ1) is 9.46. The molecule has 0 fully saturated rings. The predicted octanol–water partition coefficient (Wildman–Crippen LogP) is 3.29. The maximum absolute atomic E-state index is 10.6. The minimum Gasteiger partial charge on any atom is -0.457 e. The molecular formula is C13H10O2. The van der Waals surface area contributed by atoms with Gasteiger partial charge in [-0.2, -0.15) is 0 Å². The van der Waals surface area contributed by atoms with Crippen LogP contribution in [0, 0.1) is 0 Å². The van der Waals surface area contributed by atoms with Crippen molar-refractivity contribution in [3.8, 4) is 11.5 Å². The first-order valence-electron chi connectivity index (χ1n) is 4.66. The average Bonchev–Trinajstić information content (AvgIpc) is 2.31. The third kappa shape index (κ3) is 2.44. The second-order valence-corrected chi connectivity index (χ2v) is 3.11. The quantitative estimate of drug-likeness (QED) is 0.566. The lowest BCUT2D eigenvalue weighted by Gasteiger charge is -2.04. The van der Waals surface area contributed by atoms with Crippen LogP contribution in [0.5, 0.6) is 11.5 Å². The number of rotatable bonds is 3. The molecule has 0 saturated heterocycles.